The number of ether oxygens (including phenoxy) is 1. The molecule has 2 N–H and O–H groups in total. The SMILES string of the molecule is CC(=O)CC(=O)Nc1cc2c(cc1C)NC(=O)CO2. The van der Waals surface area contributed by atoms with E-state index in [4.69, 9.17) is 4.74 Å². The minimum absolute atomic E-state index is 0.0447. The fourth-order valence-corrected chi connectivity index (χ4v) is 1.79. The third-order valence-electron chi connectivity index (χ3n) is 2.64. The molecule has 2 rings (SSSR count). The molecule has 1 aliphatic rings. The second kappa shape index (κ2) is 5.09. The van der Waals surface area contributed by atoms with Gasteiger partial charge in [0, 0.05) is 11.8 Å². The van der Waals surface area contributed by atoms with Crippen LogP contribution in [0.2, 0.25) is 0 Å². The average Bonchev–Trinajstić information content (AvgIpc) is 2.29. The van der Waals surface area contributed by atoms with E-state index in [1.807, 2.05) is 0 Å². The molecule has 100 valence electrons. The van der Waals surface area contributed by atoms with Crippen molar-refractivity contribution in [2.24, 2.45) is 0 Å². The number of aryl methyl sites for hydroxylation is 1. The summed E-state index contributed by atoms with van der Waals surface area (Å²) in [4.78, 5) is 33.6. The van der Waals surface area contributed by atoms with Gasteiger partial charge < -0.3 is 15.4 Å². The number of Topliss-reactive ketones (excluding diaryl/α,β-unsaturated/α-hetero) is 1. The topological polar surface area (TPSA) is 84.5 Å². The number of hydrogen-bond acceptors (Lipinski definition) is 4. The molecule has 1 aliphatic heterocycles. The predicted molar refractivity (Wildman–Crippen MR) is 69.2 cm³/mol. The summed E-state index contributed by atoms with van der Waals surface area (Å²) in [6.07, 6.45) is -0.159. The molecule has 1 heterocycles. The molecule has 6 heteroatoms. The first-order chi connectivity index (χ1) is 8.95. The maximum atomic E-state index is 11.6. The maximum absolute atomic E-state index is 11.6. The van der Waals surface area contributed by atoms with Crippen molar-refractivity contribution in [1.29, 1.82) is 0 Å². The van der Waals surface area contributed by atoms with Crippen molar-refractivity contribution in [2.45, 2.75) is 20.3 Å². The molecule has 0 aromatic heterocycles. The van der Waals surface area contributed by atoms with Crippen LogP contribution in [0.5, 0.6) is 5.75 Å². The van der Waals surface area contributed by atoms with Gasteiger partial charge in [0.15, 0.2) is 6.61 Å². The van der Waals surface area contributed by atoms with Crippen molar-refractivity contribution < 1.29 is 19.1 Å². The lowest BCUT2D eigenvalue weighted by molar-refractivity contribution is -0.124. The Kier molecular flexibility index (Phi) is 3.50. The summed E-state index contributed by atoms with van der Waals surface area (Å²) in [7, 11) is 0. The molecule has 0 unspecified atom stereocenters. The van der Waals surface area contributed by atoms with E-state index in [1.54, 1.807) is 19.1 Å². The van der Waals surface area contributed by atoms with Crippen LogP contribution in [0.1, 0.15) is 18.9 Å². The third-order valence-corrected chi connectivity index (χ3v) is 2.64. The lowest BCUT2D eigenvalue weighted by atomic mass is 10.1. The number of fused-ring (bicyclic) bond motifs is 1. The number of benzene rings is 1. The molecular formula is C13H14N2O4. The lowest BCUT2D eigenvalue weighted by Crippen LogP contribution is -2.25. The van der Waals surface area contributed by atoms with Gasteiger partial charge in [-0.1, -0.05) is 0 Å². The molecule has 1 aromatic carbocycles. The number of nitrogens with one attached hydrogen (secondary N) is 2. The van der Waals surface area contributed by atoms with Crippen molar-refractivity contribution in [3.63, 3.8) is 0 Å². The third kappa shape index (κ3) is 3.09. The highest BCUT2D eigenvalue weighted by atomic mass is 16.5. The van der Waals surface area contributed by atoms with Crippen molar-refractivity contribution in [3.8, 4) is 5.75 Å². The minimum Gasteiger partial charge on any atom is -0.482 e. The van der Waals surface area contributed by atoms with Crippen LogP contribution in [-0.4, -0.2) is 24.2 Å². The minimum atomic E-state index is -0.365. The average molecular weight is 262 g/mol. The highest BCUT2D eigenvalue weighted by molar-refractivity contribution is 6.04. The van der Waals surface area contributed by atoms with Crippen molar-refractivity contribution >= 4 is 29.0 Å². The van der Waals surface area contributed by atoms with Crippen LogP contribution < -0.4 is 15.4 Å². The quantitative estimate of drug-likeness (QED) is 0.803. The normalized spacial score (nSPS) is 13.1. The highest BCUT2D eigenvalue weighted by Crippen LogP contribution is 2.33. The molecule has 0 saturated carbocycles. The molecule has 0 aliphatic carbocycles. The summed E-state index contributed by atoms with van der Waals surface area (Å²) < 4.78 is 5.26. The number of rotatable bonds is 3. The van der Waals surface area contributed by atoms with Crippen molar-refractivity contribution in [1.82, 2.24) is 0 Å². The monoisotopic (exact) mass is 262 g/mol. The largest absolute Gasteiger partial charge is 0.482 e. The van der Waals surface area contributed by atoms with Gasteiger partial charge in [-0.2, -0.15) is 0 Å². The Hall–Kier alpha value is -2.37. The lowest BCUT2D eigenvalue weighted by Gasteiger charge is -2.20. The molecule has 0 fully saturated rings. The Labute approximate surface area is 110 Å². The molecule has 19 heavy (non-hydrogen) atoms. The number of anilines is 2. The van der Waals surface area contributed by atoms with E-state index in [2.05, 4.69) is 10.6 Å². The molecular weight excluding hydrogens is 248 g/mol. The fraction of sp³-hybridized carbons (Fsp3) is 0.308. The van der Waals surface area contributed by atoms with Gasteiger partial charge in [0.1, 0.15) is 11.5 Å². The van der Waals surface area contributed by atoms with Crippen LogP contribution in [0.3, 0.4) is 0 Å². The molecule has 2 amide bonds. The first-order valence-electron chi connectivity index (χ1n) is 5.82. The van der Waals surface area contributed by atoms with Gasteiger partial charge in [0.25, 0.3) is 5.91 Å². The number of amides is 2. The van der Waals surface area contributed by atoms with Crippen LogP contribution in [-0.2, 0) is 14.4 Å². The summed E-state index contributed by atoms with van der Waals surface area (Å²) in [6, 6.07) is 3.36. The Morgan fingerprint density at radius 2 is 2.16 bits per heavy atom. The van der Waals surface area contributed by atoms with Gasteiger partial charge in [-0.3, -0.25) is 14.4 Å². The zero-order valence-electron chi connectivity index (χ0n) is 10.7. The summed E-state index contributed by atoms with van der Waals surface area (Å²) in [5.41, 5.74) is 1.93. The number of ketones is 1. The second-order valence-corrected chi connectivity index (χ2v) is 4.43. The molecule has 0 saturated heterocycles. The number of carbonyl (C=O) groups excluding carboxylic acids is 3. The van der Waals surface area contributed by atoms with Crippen molar-refractivity contribution in [3.05, 3.63) is 17.7 Å². The smallest absolute Gasteiger partial charge is 0.262 e. The molecule has 0 bridgehead atoms. The van der Waals surface area contributed by atoms with Gasteiger partial charge in [0.05, 0.1) is 12.1 Å². The zero-order chi connectivity index (χ0) is 14.0. The molecule has 6 nitrogen and oxygen atoms in total. The Bertz CT molecular complexity index is 566. The van der Waals surface area contributed by atoms with Crippen LogP contribution in [0.15, 0.2) is 12.1 Å². The predicted octanol–water partition coefficient (Wildman–Crippen LogP) is 1.24. The van der Waals surface area contributed by atoms with Crippen LogP contribution in [0.4, 0.5) is 11.4 Å². The first kappa shape index (κ1) is 13.1. The fourth-order valence-electron chi connectivity index (χ4n) is 1.79. The van der Waals surface area contributed by atoms with Gasteiger partial charge >= 0.3 is 0 Å². The van der Waals surface area contributed by atoms with E-state index in [9.17, 15) is 14.4 Å². The molecule has 0 radical (unpaired) electrons. The zero-order valence-corrected chi connectivity index (χ0v) is 10.7. The Balaban J connectivity index is 2.21. The maximum Gasteiger partial charge on any atom is 0.262 e. The standard InChI is InChI=1S/C13H14N2O4/c1-7-3-10-11(19-6-13(18)15-10)5-9(7)14-12(17)4-8(2)16/h3,5H,4,6H2,1-2H3,(H,14,17)(H,15,18). The van der Waals surface area contributed by atoms with E-state index >= 15 is 0 Å². The van der Waals surface area contributed by atoms with Crippen LogP contribution in [0, 0.1) is 6.92 Å². The summed E-state index contributed by atoms with van der Waals surface area (Å²) in [5.74, 6) is -0.268. The van der Waals surface area contributed by atoms with Gasteiger partial charge in [0.2, 0.25) is 5.91 Å². The van der Waals surface area contributed by atoms with E-state index in [0.29, 0.717) is 17.1 Å². The summed E-state index contributed by atoms with van der Waals surface area (Å²) in [6.45, 7) is 3.11. The van der Waals surface area contributed by atoms with E-state index in [0.717, 1.165) is 5.56 Å². The van der Waals surface area contributed by atoms with Gasteiger partial charge in [-0.05, 0) is 25.5 Å². The van der Waals surface area contributed by atoms with E-state index in [-0.39, 0.29) is 30.6 Å². The number of hydrogen-bond donors (Lipinski definition) is 2. The van der Waals surface area contributed by atoms with Crippen molar-refractivity contribution in [2.75, 3.05) is 17.2 Å². The van der Waals surface area contributed by atoms with Gasteiger partial charge in [-0.25, -0.2) is 0 Å². The Morgan fingerprint density at radius 3 is 2.84 bits per heavy atom. The summed E-state index contributed by atoms with van der Waals surface area (Å²) in [5, 5.41) is 5.33. The Morgan fingerprint density at radius 1 is 1.42 bits per heavy atom. The molecule has 0 atom stereocenters. The van der Waals surface area contributed by atoms with Crippen LogP contribution >= 0.6 is 0 Å². The number of carbonyl (C=O) groups is 3. The van der Waals surface area contributed by atoms with E-state index in [1.165, 1.54) is 6.92 Å². The second-order valence-electron chi connectivity index (χ2n) is 4.43. The van der Waals surface area contributed by atoms with E-state index < -0.39 is 0 Å². The molecule has 0 spiro atoms. The highest BCUT2D eigenvalue weighted by Gasteiger charge is 2.18. The molecule has 1 aromatic rings. The summed E-state index contributed by atoms with van der Waals surface area (Å²) >= 11 is 0. The first-order valence-corrected chi connectivity index (χ1v) is 5.82. The van der Waals surface area contributed by atoms with Crippen LogP contribution in [0.25, 0.3) is 0 Å². The van der Waals surface area contributed by atoms with Gasteiger partial charge in [-0.15, -0.1) is 0 Å².